The van der Waals surface area contributed by atoms with Crippen LogP contribution in [0.3, 0.4) is 0 Å². The van der Waals surface area contributed by atoms with E-state index < -0.39 is 0 Å². The Bertz CT molecular complexity index is 937. The van der Waals surface area contributed by atoms with Gasteiger partial charge in [-0.25, -0.2) is 4.79 Å². The first kappa shape index (κ1) is 16.7. The summed E-state index contributed by atoms with van der Waals surface area (Å²) in [5, 5.41) is 8.74. The van der Waals surface area contributed by atoms with Crippen LogP contribution in [0.5, 0.6) is 5.75 Å². The zero-order valence-electron chi connectivity index (χ0n) is 14.1. The van der Waals surface area contributed by atoms with Crippen LogP contribution in [0.15, 0.2) is 52.1 Å². The number of methoxy groups -OCH3 is 1. The van der Waals surface area contributed by atoms with Crippen molar-refractivity contribution in [2.75, 3.05) is 13.7 Å². The molecule has 1 aliphatic heterocycles. The molecule has 0 bridgehead atoms. The number of hydrogen-bond donors (Lipinski definition) is 0. The summed E-state index contributed by atoms with van der Waals surface area (Å²) in [5.74, 6) is 1.76. The minimum atomic E-state index is -0.342. The molecule has 6 nitrogen and oxygen atoms in total. The van der Waals surface area contributed by atoms with Gasteiger partial charge in [-0.1, -0.05) is 23.9 Å². The van der Waals surface area contributed by atoms with Crippen molar-refractivity contribution in [3.8, 4) is 17.2 Å². The number of esters is 1. The molecule has 1 aliphatic rings. The molecule has 132 valence electrons. The zero-order chi connectivity index (χ0) is 17.9. The smallest absolute Gasteiger partial charge is 0.337 e. The predicted octanol–water partition coefficient (Wildman–Crippen LogP) is 3.75. The highest BCUT2D eigenvalue weighted by molar-refractivity contribution is 7.98. The summed E-state index contributed by atoms with van der Waals surface area (Å²) in [6.45, 7) is 0.721. The maximum absolute atomic E-state index is 11.4. The topological polar surface area (TPSA) is 74.5 Å². The van der Waals surface area contributed by atoms with Crippen LogP contribution in [0.4, 0.5) is 0 Å². The summed E-state index contributed by atoms with van der Waals surface area (Å²) in [6, 6.07) is 13.2. The van der Waals surface area contributed by atoms with Gasteiger partial charge in [-0.05, 0) is 41.5 Å². The number of rotatable bonds is 5. The van der Waals surface area contributed by atoms with Crippen molar-refractivity contribution in [2.45, 2.75) is 17.4 Å². The fourth-order valence-electron chi connectivity index (χ4n) is 2.70. The molecule has 2 heterocycles. The summed E-state index contributed by atoms with van der Waals surface area (Å²) < 4.78 is 16.0. The molecule has 2 aromatic carbocycles. The van der Waals surface area contributed by atoms with Gasteiger partial charge in [0.25, 0.3) is 5.22 Å². The number of nitrogens with zero attached hydrogens (tertiary/aromatic N) is 2. The van der Waals surface area contributed by atoms with Gasteiger partial charge in [-0.2, -0.15) is 0 Å². The second kappa shape index (κ2) is 7.21. The van der Waals surface area contributed by atoms with Crippen molar-refractivity contribution in [2.24, 2.45) is 0 Å². The molecule has 0 unspecified atom stereocenters. The first-order valence-corrected chi connectivity index (χ1v) is 9.11. The SMILES string of the molecule is COC(=O)c1ccc(CSc2nnc(-c3ccc4c(c3)CCO4)o2)cc1. The average Bonchev–Trinajstić information content (AvgIpc) is 3.34. The fourth-order valence-corrected chi connectivity index (χ4v) is 3.42. The molecular weight excluding hydrogens is 352 g/mol. The third-order valence-corrected chi connectivity index (χ3v) is 4.97. The maximum Gasteiger partial charge on any atom is 0.337 e. The molecule has 3 aromatic rings. The van der Waals surface area contributed by atoms with Crippen molar-refractivity contribution in [1.29, 1.82) is 0 Å². The molecule has 0 saturated carbocycles. The number of benzene rings is 2. The van der Waals surface area contributed by atoms with Crippen LogP contribution in [-0.4, -0.2) is 29.9 Å². The summed E-state index contributed by atoms with van der Waals surface area (Å²) in [6.07, 6.45) is 0.903. The van der Waals surface area contributed by atoms with Crippen LogP contribution in [0.2, 0.25) is 0 Å². The number of aromatic nitrogens is 2. The van der Waals surface area contributed by atoms with Crippen LogP contribution >= 0.6 is 11.8 Å². The maximum atomic E-state index is 11.4. The average molecular weight is 368 g/mol. The summed E-state index contributed by atoms with van der Waals surface area (Å²) >= 11 is 1.45. The number of ether oxygens (including phenoxy) is 2. The number of fused-ring (bicyclic) bond motifs is 1. The minimum Gasteiger partial charge on any atom is -0.493 e. The van der Waals surface area contributed by atoms with E-state index in [1.165, 1.54) is 24.4 Å². The Labute approximate surface area is 154 Å². The number of thioether (sulfide) groups is 1. The van der Waals surface area contributed by atoms with Crippen LogP contribution in [0.25, 0.3) is 11.5 Å². The molecule has 0 saturated heterocycles. The Hall–Kier alpha value is -2.80. The van der Waals surface area contributed by atoms with E-state index >= 15 is 0 Å². The van der Waals surface area contributed by atoms with Crippen LogP contribution < -0.4 is 4.74 Å². The second-order valence-electron chi connectivity index (χ2n) is 5.77. The first-order chi connectivity index (χ1) is 12.7. The van der Waals surface area contributed by atoms with Gasteiger partial charge in [0.05, 0.1) is 19.3 Å². The molecule has 0 atom stereocenters. The van der Waals surface area contributed by atoms with E-state index in [-0.39, 0.29) is 5.97 Å². The molecular formula is C19H16N2O4S. The highest BCUT2D eigenvalue weighted by Gasteiger charge is 2.16. The van der Waals surface area contributed by atoms with E-state index in [4.69, 9.17) is 13.9 Å². The molecule has 26 heavy (non-hydrogen) atoms. The largest absolute Gasteiger partial charge is 0.493 e. The van der Waals surface area contributed by atoms with Crippen molar-refractivity contribution < 1.29 is 18.7 Å². The Morgan fingerprint density at radius 2 is 2.04 bits per heavy atom. The summed E-state index contributed by atoms with van der Waals surface area (Å²) in [5.41, 5.74) is 3.65. The minimum absolute atomic E-state index is 0.342. The highest BCUT2D eigenvalue weighted by atomic mass is 32.2. The number of carbonyl (C=O) groups is 1. The van der Waals surface area contributed by atoms with E-state index in [0.717, 1.165) is 29.9 Å². The molecule has 0 spiro atoms. The van der Waals surface area contributed by atoms with Crippen LogP contribution in [-0.2, 0) is 16.9 Å². The molecule has 0 fully saturated rings. The Morgan fingerprint density at radius 3 is 2.85 bits per heavy atom. The molecule has 0 radical (unpaired) electrons. The Morgan fingerprint density at radius 1 is 1.19 bits per heavy atom. The predicted molar refractivity (Wildman–Crippen MR) is 96.3 cm³/mol. The quantitative estimate of drug-likeness (QED) is 0.501. The lowest BCUT2D eigenvalue weighted by molar-refractivity contribution is 0.0600. The van der Waals surface area contributed by atoms with Gasteiger partial charge in [-0.3, -0.25) is 0 Å². The summed E-state index contributed by atoms with van der Waals surface area (Å²) in [4.78, 5) is 11.4. The van der Waals surface area contributed by atoms with E-state index in [1.54, 1.807) is 12.1 Å². The lowest BCUT2D eigenvalue weighted by atomic mass is 10.1. The summed E-state index contributed by atoms with van der Waals surface area (Å²) in [7, 11) is 1.37. The lowest BCUT2D eigenvalue weighted by Gasteiger charge is -2.01. The van der Waals surface area contributed by atoms with Gasteiger partial charge in [0, 0.05) is 17.7 Å². The van der Waals surface area contributed by atoms with E-state index in [9.17, 15) is 4.79 Å². The molecule has 0 aliphatic carbocycles. The van der Waals surface area contributed by atoms with Gasteiger partial charge < -0.3 is 13.9 Å². The van der Waals surface area contributed by atoms with E-state index in [1.807, 2.05) is 30.3 Å². The second-order valence-corrected chi connectivity index (χ2v) is 6.70. The van der Waals surface area contributed by atoms with Crippen molar-refractivity contribution in [3.05, 3.63) is 59.2 Å². The van der Waals surface area contributed by atoms with Gasteiger partial charge in [0.1, 0.15) is 5.75 Å². The third kappa shape index (κ3) is 3.43. The van der Waals surface area contributed by atoms with E-state index in [0.29, 0.717) is 22.4 Å². The van der Waals surface area contributed by atoms with Crippen LogP contribution in [0.1, 0.15) is 21.5 Å². The zero-order valence-corrected chi connectivity index (χ0v) is 14.9. The Kier molecular flexibility index (Phi) is 4.62. The van der Waals surface area contributed by atoms with Crippen molar-refractivity contribution in [3.63, 3.8) is 0 Å². The Balaban J connectivity index is 1.41. The van der Waals surface area contributed by atoms with Gasteiger partial charge >= 0.3 is 5.97 Å². The van der Waals surface area contributed by atoms with Crippen LogP contribution in [0, 0.1) is 0 Å². The molecule has 7 heteroatoms. The van der Waals surface area contributed by atoms with E-state index in [2.05, 4.69) is 10.2 Å². The highest BCUT2D eigenvalue weighted by Crippen LogP contribution is 2.31. The first-order valence-electron chi connectivity index (χ1n) is 8.12. The standard InChI is InChI=1S/C19H16N2O4S/c1-23-18(22)13-4-2-12(3-5-13)11-26-19-21-20-17(25-19)15-6-7-16-14(10-15)8-9-24-16/h2-7,10H,8-9,11H2,1H3. The molecule has 0 N–H and O–H groups in total. The number of hydrogen-bond acceptors (Lipinski definition) is 7. The molecule has 0 amide bonds. The number of carbonyl (C=O) groups excluding carboxylic acids is 1. The van der Waals surface area contributed by atoms with Gasteiger partial charge in [0.15, 0.2) is 0 Å². The van der Waals surface area contributed by atoms with Gasteiger partial charge in [-0.15, -0.1) is 10.2 Å². The lowest BCUT2D eigenvalue weighted by Crippen LogP contribution is -2.00. The normalized spacial score (nSPS) is 12.5. The monoisotopic (exact) mass is 368 g/mol. The third-order valence-electron chi connectivity index (χ3n) is 4.08. The molecule has 1 aromatic heterocycles. The molecule has 4 rings (SSSR count). The fraction of sp³-hybridized carbons (Fsp3) is 0.211. The van der Waals surface area contributed by atoms with Crippen molar-refractivity contribution in [1.82, 2.24) is 10.2 Å². The van der Waals surface area contributed by atoms with Gasteiger partial charge in [0.2, 0.25) is 5.89 Å². The van der Waals surface area contributed by atoms with Crippen molar-refractivity contribution >= 4 is 17.7 Å².